The van der Waals surface area contributed by atoms with Gasteiger partial charge in [0.05, 0.1) is 19.2 Å². The van der Waals surface area contributed by atoms with Crippen molar-refractivity contribution in [2.45, 2.75) is 0 Å². The molecule has 0 aliphatic heterocycles. The molecule has 2 aromatic rings. The Kier molecular flexibility index (Phi) is 5.14. The van der Waals surface area contributed by atoms with E-state index < -0.39 is 0 Å². The van der Waals surface area contributed by atoms with E-state index in [-0.39, 0.29) is 18.4 Å². The first-order valence-corrected chi connectivity index (χ1v) is 6.85. The molecule has 0 saturated heterocycles. The highest BCUT2D eigenvalue weighted by molar-refractivity contribution is 6.00. The first kappa shape index (κ1) is 15.6. The lowest BCUT2D eigenvalue weighted by Crippen LogP contribution is -2.35. The third-order valence-electron chi connectivity index (χ3n) is 3.12. The monoisotopic (exact) mass is 298 g/mol. The molecule has 0 aliphatic rings. The molecule has 0 spiro atoms. The van der Waals surface area contributed by atoms with Gasteiger partial charge in [0.25, 0.3) is 5.91 Å². The molecule has 1 N–H and O–H groups in total. The fourth-order valence-electron chi connectivity index (χ4n) is 2.04. The summed E-state index contributed by atoms with van der Waals surface area (Å²) < 4.78 is 5.17. The number of rotatable bonds is 5. The van der Waals surface area contributed by atoms with Crippen LogP contribution in [-0.4, -0.2) is 37.4 Å². The molecule has 2 rings (SSSR count). The second-order valence-electron chi connectivity index (χ2n) is 4.78. The second-order valence-corrected chi connectivity index (χ2v) is 4.78. The summed E-state index contributed by atoms with van der Waals surface area (Å²) in [6.45, 7) is -0.0359. The van der Waals surface area contributed by atoms with Crippen LogP contribution >= 0.6 is 0 Å². The lowest BCUT2D eigenvalue weighted by atomic mass is 10.2. The Morgan fingerprint density at radius 3 is 2.36 bits per heavy atom. The van der Waals surface area contributed by atoms with Gasteiger partial charge in [-0.05, 0) is 24.3 Å². The first-order chi connectivity index (χ1) is 10.6. The molecule has 22 heavy (non-hydrogen) atoms. The number of likely N-dealkylation sites (N-methyl/N-ethyl adjacent to an activating group) is 1. The van der Waals surface area contributed by atoms with E-state index in [1.54, 1.807) is 43.4 Å². The van der Waals surface area contributed by atoms with E-state index in [4.69, 9.17) is 4.74 Å². The molecular weight excluding hydrogens is 280 g/mol. The van der Waals surface area contributed by atoms with E-state index in [1.165, 1.54) is 12.0 Å². The number of benzene rings is 2. The Labute approximate surface area is 129 Å². The quantitative estimate of drug-likeness (QED) is 0.922. The van der Waals surface area contributed by atoms with Crippen molar-refractivity contribution in [1.82, 2.24) is 4.90 Å². The van der Waals surface area contributed by atoms with Crippen LogP contribution in [0.2, 0.25) is 0 Å². The van der Waals surface area contributed by atoms with Crippen molar-refractivity contribution in [2.24, 2.45) is 0 Å². The Morgan fingerprint density at radius 1 is 1.05 bits per heavy atom. The van der Waals surface area contributed by atoms with E-state index in [0.717, 1.165) is 0 Å². The molecule has 0 unspecified atom stereocenters. The van der Waals surface area contributed by atoms with Gasteiger partial charge in [0, 0.05) is 12.7 Å². The average molecular weight is 298 g/mol. The van der Waals surface area contributed by atoms with Crippen molar-refractivity contribution in [2.75, 3.05) is 26.0 Å². The summed E-state index contributed by atoms with van der Waals surface area (Å²) in [6, 6.07) is 16.1. The molecule has 0 radical (unpaired) electrons. The minimum atomic E-state index is -0.263. The summed E-state index contributed by atoms with van der Waals surface area (Å²) in [5.41, 5.74) is 1.13. The fraction of sp³-hybridized carbons (Fsp3) is 0.176. The number of hydrogen-bond acceptors (Lipinski definition) is 3. The van der Waals surface area contributed by atoms with Crippen LogP contribution in [0.5, 0.6) is 5.75 Å². The summed E-state index contributed by atoms with van der Waals surface area (Å²) in [5.74, 6) is -0.0274. The van der Waals surface area contributed by atoms with Crippen LogP contribution in [0.15, 0.2) is 54.6 Å². The van der Waals surface area contributed by atoms with Crippen LogP contribution in [0.4, 0.5) is 5.69 Å². The highest BCUT2D eigenvalue weighted by Crippen LogP contribution is 2.18. The number of nitrogens with zero attached hydrogens (tertiary/aromatic N) is 1. The van der Waals surface area contributed by atoms with Gasteiger partial charge in [-0.1, -0.05) is 30.3 Å². The van der Waals surface area contributed by atoms with Crippen molar-refractivity contribution < 1.29 is 14.3 Å². The highest BCUT2D eigenvalue weighted by atomic mass is 16.5. The van der Waals surface area contributed by atoms with E-state index in [2.05, 4.69) is 5.32 Å². The third-order valence-corrected chi connectivity index (χ3v) is 3.12. The maximum atomic E-state index is 12.4. The molecule has 0 fully saturated rings. The number of anilines is 1. The van der Waals surface area contributed by atoms with E-state index in [9.17, 15) is 9.59 Å². The molecule has 5 heteroatoms. The standard InChI is InChI=1S/C17H18N2O3/c1-19(12-16(20)18-13-8-4-3-5-9-13)17(21)14-10-6-7-11-15(14)22-2/h3-11H,12H2,1-2H3,(H,18,20). The molecule has 0 bridgehead atoms. The zero-order valence-corrected chi connectivity index (χ0v) is 12.6. The number of carbonyl (C=O) groups is 2. The predicted octanol–water partition coefficient (Wildman–Crippen LogP) is 2.41. The fourth-order valence-corrected chi connectivity index (χ4v) is 2.04. The SMILES string of the molecule is COc1ccccc1C(=O)N(C)CC(=O)Nc1ccccc1. The zero-order chi connectivity index (χ0) is 15.9. The lowest BCUT2D eigenvalue weighted by Gasteiger charge is -2.18. The first-order valence-electron chi connectivity index (χ1n) is 6.85. The van der Waals surface area contributed by atoms with Crippen molar-refractivity contribution in [3.63, 3.8) is 0 Å². The molecule has 114 valence electrons. The Morgan fingerprint density at radius 2 is 1.68 bits per heavy atom. The molecule has 2 amide bonds. The van der Waals surface area contributed by atoms with Crippen LogP contribution in [0.1, 0.15) is 10.4 Å². The highest BCUT2D eigenvalue weighted by Gasteiger charge is 2.18. The molecule has 0 saturated carbocycles. The van der Waals surface area contributed by atoms with Gasteiger partial charge >= 0.3 is 0 Å². The van der Waals surface area contributed by atoms with E-state index >= 15 is 0 Å². The van der Waals surface area contributed by atoms with Gasteiger partial charge in [-0.3, -0.25) is 9.59 Å². The molecule has 5 nitrogen and oxygen atoms in total. The number of ether oxygens (including phenoxy) is 1. The lowest BCUT2D eigenvalue weighted by molar-refractivity contribution is -0.116. The summed E-state index contributed by atoms with van der Waals surface area (Å²) in [5, 5.41) is 2.74. The smallest absolute Gasteiger partial charge is 0.257 e. The number of nitrogens with one attached hydrogen (secondary N) is 1. The van der Waals surface area contributed by atoms with Gasteiger partial charge in [-0.2, -0.15) is 0 Å². The maximum Gasteiger partial charge on any atom is 0.257 e. The summed E-state index contributed by atoms with van der Waals surface area (Å²) in [7, 11) is 3.09. The number of carbonyl (C=O) groups excluding carboxylic acids is 2. The van der Waals surface area contributed by atoms with Gasteiger partial charge in [-0.25, -0.2) is 0 Å². The largest absolute Gasteiger partial charge is 0.496 e. The van der Waals surface area contributed by atoms with Gasteiger partial charge in [-0.15, -0.1) is 0 Å². The Bertz CT molecular complexity index is 656. The van der Waals surface area contributed by atoms with E-state index in [1.807, 2.05) is 18.2 Å². The predicted molar refractivity (Wildman–Crippen MR) is 85.0 cm³/mol. The van der Waals surface area contributed by atoms with E-state index in [0.29, 0.717) is 17.0 Å². The van der Waals surface area contributed by atoms with Crippen LogP contribution in [0.25, 0.3) is 0 Å². The van der Waals surface area contributed by atoms with Crippen molar-refractivity contribution in [3.05, 3.63) is 60.2 Å². The zero-order valence-electron chi connectivity index (χ0n) is 12.6. The number of amides is 2. The maximum absolute atomic E-state index is 12.4. The summed E-state index contributed by atoms with van der Waals surface area (Å²) >= 11 is 0. The van der Waals surface area contributed by atoms with Gasteiger partial charge in [0.1, 0.15) is 5.75 Å². The molecule has 2 aromatic carbocycles. The van der Waals surface area contributed by atoms with Crippen LogP contribution in [0.3, 0.4) is 0 Å². The van der Waals surface area contributed by atoms with Gasteiger partial charge in [0.15, 0.2) is 0 Å². The number of para-hydroxylation sites is 2. The molecule has 0 atom stereocenters. The molecule has 0 aromatic heterocycles. The van der Waals surface area contributed by atoms with Crippen molar-refractivity contribution >= 4 is 17.5 Å². The average Bonchev–Trinajstić information content (AvgIpc) is 2.54. The minimum absolute atomic E-state index is 0.0359. The van der Waals surface area contributed by atoms with Crippen LogP contribution in [-0.2, 0) is 4.79 Å². The van der Waals surface area contributed by atoms with Crippen LogP contribution < -0.4 is 10.1 Å². The normalized spacial score (nSPS) is 9.91. The molecular formula is C17H18N2O3. The van der Waals surface area contributed by atoms with Gasteiger partial charge < -0.3 is 15.0 Å². The second kappa shape index (κ2) is 7.26. The summed E-state index contributed by atoms with van der Waals surface area (Å²) in [6.07, 6.45) is 0. The number of methoxy groups -OCH3 is 1. The number of hydrogen-bond donors (Lipinski definition) is 1. The van der Waals surface area contributed by atoms with Crippen molar-refractivity contribution in [1.29, 1.82) is 0 Å². The van der Waals surface area contributed by atoms with Crippen molar-refractivity contribution in [3.8, 4) is 5.75 Å². The Hall–Kier alpha value is -2.82. The third kappa shape index (κ3) is 3.85. The minimum Gasteiger partial charge on any atom is -0.496 e. The Balaban J connectivity index is 2.00. The topological polar surface area (TPSA) is 58.6 Å². The van der Waals surface area contributed by atoms with Gasteiger partial charge in [0.2, 0.25) is 5.91 Å². The summed E-state index contributed by atoms with van der Waals surface area (Å²) in [4.78, 5) is 25.7. The molecule has 0 aliphatic carbocycles. The van der Waals surface area contributed by atoms with Crippen LogP contribution in [0, 0.1) is 0 Å². The molecule has 0 heterocycles.